The first kappa shape index (κ1) is 16.0. The van der Waals surface area contributed by atoms with E-state index < -0.39 is 5.97 Å². The minimum absolute atomic E-state index is 0.0914. The van der Waals surface area contributed by atoms with Crippen molar-refractivity contribution >= 4 is 28.9 Å². The fourth-order valence-electron chi connectivity index (χ4n) is 1.84. The normalized spacial score (nSPS) is 10.2. The lowest BCUT2D eigenvalue weighted by atomic mass is 10.2. The molecule has 2 rings (SSSR count). The Kier molecular flexibility index (Phi) is 5.55. The highest BCUT2D eigenvalue weighted by atomic mass is 32.1. The van der Waals surface area contributed by atoms with Crippen LogP contribution in [0.25, 0.3) is 0 Å². The van der Waals surface area contributed by atoms with Crippen LogP contribution < -0.4 is 10.1 Å². The maximum absolute atomic E-state index is 12.1. The number of carboxylic acid groups (broad SMARTS) is 1. The zero-order valence-electron chi connectivity index (χ0n) is 12.2. The van der Waals surface area contributed by atoms with Crippen LogP contribution in [0.15, 0.2) is 35.0 Å². The molecule has 0 saturated heterocycles. The predicted octanol–water partition coefficient (Wildman–Crippen LogP) is 3.55. The van der Waals surface area contributed by atoms with Crippen LogP contribution in [0.5, 0.6) is 5.75 Å². The number of thiophene rings is 1. The lowest BCUT2D eigenvalue weighted by Gasteiger charge is -2.08. The number of nitrogens with one attached hydrogen (secondary N) is 1. The highest BCUT2D eigenvalue weighted by Gasteiger charge is 2.09. The van der Waals surface area contributed by atoms with Gasteiger partial charge in [-0.05, 0) is 48.6 Å². The van der Waals surface area contributed by atoms with Gasteiger partial charge in [0.2, 0.25) is 0 Å². The molecule has 0 spiro atoms. The maximum atomic E-state index is 12.1. The second kappa shape index (κ2) is 7.61. The molecule has 1 heterocycles. The van der Waals surface area contributed by atoms with E-state index >= 15 is 0 Å². The first-order valence-corrected chi connectivity index (χ1v) is 7.79. The molecule has 1 aromatic heterocycles. The van der Waals surface area contributed by atoms with Gasteiger partial charge < -0.3 is 15.2 Å². The number of hydrogen-bond acceptors (Lipinski definition) is 4. The van der Waals surface area contributed by atoms with E-state index in [1.807, 2.05) is 17.7 Å². The van der Waals surface area contributed by atoms with Gasteiger partial charge in [0.25, 0.3) is 5.91 Å². The lowest BCUT2D eigenvalue weighted by molar-refractivity contribution is -0.137. The number of aliphatic carboxylic acids is 1. The molecule has 0 aliphatic carbocycles. The molecule has 2 aromatic rings. The van der Waals surface area contributed by atoms with Crippen molar-refractivity contribution in [3.05, 3.63) is 46.2 Å². The molecule has 0 aliphatic heterocycles. The summed E-state index contributed by atoms with van der Waals surface area (Å²) in [5, 5.41) is 15.1. The van der Waals surface area contributed by atoms with Gasteiger partial charge in [0.15, 0.2) is 0 Å². The van der Waals surface area contributed by atoms with Crippen molar-refractivity contribution in [1.29, 1.82) is 0 Å². The van der Waals surface area contributed by atoms with Gasteiger partial charge in [-0.3, -0.25) is 9.59 Å². The Balaban J connectivity index is 1.85. The number of benzene rings is 1. The fourth-order valence-corrected chi connectivity index (χ4v) is 2.67. The Bertz CT molecular complexity index is 648. The molecule has 0 radical (unpaired) electrons. The van der Waals surface area contributed by atoms with E-state index in [9.17, 15) is 9.59 Å². The number of ether oxygens (including phenoxy) is 1. The Morgan fingerprint density at radius 3 is 2.55 bits per heavy atom. The summed E-state index contributed by atoms with van der Waals surface area (Å²) in [5.41, 5.74) is 2.33. The van der Waals surface area contributed by atoms with Crippen LogP contribution in [0.1, 0.15) is 28.8 Å². The third-order valence-corrected chi connectivity index (χ3v) is 3.88. The Labute approximate surface area is 132 Å². The van der Waals surface area contributed by atoms with Gasteiger partial charge in [-0.15, -0.1) is 0 Å². The highest BCUT2D eigenvalue weighted by molar-refractivity contribution is 7.08. The number of rotatable bonds is 7. The molecule has 2 N–H and O–H groups in total. The summed E-state index contributed by atoms with van der Waals surface area (Å²) in [4.78, 5) is 22.4. The van der Waals surface area contributed by atoms with E-state index in [4.69, 9.17) is 9.84 Å². The molecule has 116 valence electrons. The number of aryl methyl sites for hydroxylation is 1. The topological polar surface area (TPSA) is 75.6 Å². The van der Waals surface area contributed by atoms with Gasteiger partial charge in [0.1, 0.15) is 5.75 Å². The molecule has 0 unspecified atom stereocenters. The summed E-state index contributed by atoms with van der Waals surface area (Å²) >= 11 is 1.50. The third kappa shape index (κ3) is 4.60. The van der Waals surface area contributed by atoms with Gasteiger partial charge in [-0.25, -0.2) is 0 Å². The summed E-state index contributed by atoms with van der Waals surface area (Å²) in [6.45, 7) is 2.26. The molecular weight excluding hydrogens is 302 g/mol. The molecule has 0 fully saturated rings. The van der Waals surface area contributed by atoms with Gasteiger partial charge in [0, 0.05) is 17.5 Å². The zero-order valence-corrected chi connectivity index (χ0v) is 13.0. The molecule has 1 aromatic carbocycles. The van der Waals surface area contributed by atoms with E-state index in [1.165, 1.54) is 11.3 Å². The van der Waals surface area contributed by atoms with Crippen molar-refractivity contribution in [1.82, 2.24) is 0 Å². The first-order valence-electron chi connectivity index (χ1n) is 6.85. The number of anilines is 1. The number of hydrogen-bond donors (Lipinski definition) is 2. The average molecular weight is 319 g/mol. The minimum atomic E-state index is -0.828. The predicted molar refractivity (Wildman–Crippen MR) is 85.8 cm³/mol. The van der Waals surface area contributed by atoms with E-state index in [1.54, 1.807) is 24.3 Å². The second-order valence-electron chi connectivity index (χ2n) is 4.79. The number of carbonyl (C=O) groups excluding carboxylic acids is 1. The lowest BCUT2D eigenvalue weighted by Crippen LogP contribution is -2.11. The summed E-state index contributed by atoms with van der Waals surface area (Å²) in [7, 11) is 0. The molecule has 0 saturated carbocycles. The van der Waals surface area contributed by atoms with E-state index in [0.29, 0.717) is 30.0 Å². The summed E-state index contributed by atoms with van der Waals surface area (Å²) in [5.74, 6) is -0.311. The smallest absolute Gasteiger partial charge is 0.303 e. The van der Waals surface area contributed by atoms with Crippen LogP contribution >= 0.6 is 11.3 Å². The minimum Gasteiger partial charge on any atom is -0.494 e. The van der Waals surface area contributed by atoms with Gasteiger partial charge in [-0.2, -0.15) is 11.3 Å². The van der Waals surface area contributed by atoms with Crippen molar-refractivity contribution in [2.75, 3.05) is 11.9 Å². The fraction of sp³-hybridized carbons (Fsp3) is 0.250. The van der Waals surface area contributed by atoms with Gasteiger partial charge >= 0.3 is 5.97 Å². The highest BCUT2D eigenvalue weighted by Crippen LogP contribution is 2.19. The van der Waals surface area contributed by atoms with Crippen molar-refractivity contribution in [2.45, 2.75) is 19.8 Å². The quantitative estimate of drug-likeness (QED) is 0.765. The van der Waals surface area contributed by atoms with Crippen LogP contribution in [-0.2, 0) is 4.79 Å². The number of carbonyl (C=O) groups is 2. The molecule has 0 bridgehead atoms. The van der Waals surface area contributed by atoms with Crippen LogP contribution in [-0.4, -0.2) is 23.6 Å². The maximum Gasteiger partial charge on any atom is 0.303 e. The monoisotopic (exact) mass is 319 g/mol. The molecule has 6 heteroatoms. The molecular formula is C16H17NO4S. The first-order chi connectivity index (χ1) is 10.6. The Hall–Kier alpha value is -2.34. The van der Waals surface area contributed by atoms with Crippen LogP contribution in [0.3, 0.4) is 0 Å². The van der Waals surface area contributed by atoms with Gasteiger partial charge in [0.05, 0.1) is 12.2 Å². The van der Waals surface area contributed by atoms with Crippen LogP contribution in [0.2, 0.25) is 0 Å². The summed E-state index contributed by atoms with van der Waals surface area (Å²) in [6.07, 6.45) is 0.555. The molecule has 5 nitrogen and oxygen atoms in total. The SMILES string of the molecule is Cc1cscc1C(=O)Nc1ccc(OCCCC(=O)O)cc1. The van der Waals surface area contributed by atoms with Crippen molar-refractivity contribution in [3.8, 4) is 5.75 Å². The second-order valence-corrected chi connectivity index (χ2v) is 5.54. The van der Waals surface area contributed by atoms with Crippen molar-refractivity contribution < 1.29 is 19.4 Å². The Morgan fingerprint density at radius 1 is 1.23 bits per heavy atom. The van der Waals surface area contributed by atoms with Crippen molar-refractivity contribution in [3.63, 3.8) is 0 Å². The molecule has 22 heavy (non-hydrogen) atoms. The average Bonchev–Trinajstić information content (AvgIpc) is 2.91. The van der Waals surface area contributed by atoms with Crippen LogP contribution in [0, 0.1) is 6.92 Å². The van der Waals surface area contributed by atoms with Crippen molar-refractivity contribution in [2.24, 2.45) is 0 Å². The van der Waals surface area contributed by atoms with E-state index in [0.717, 1.165) is 5.56 Å². The molecule has 0 aliphatic rings. The van der Waals surface area contributed by atoms with E-state index in [2.05, 4.69) is 5.32 Å². The molecule has 0 atom stereocenters. The Morgan fingerprint density at radius 2 is 1.95 bits per heavy atom. The summed E-state index contributed by atoms with van der Waals surface area (Å²) in [6, 6.07) is 7.01. The zero-order chi connectivity index (χ0) is 15.9. The standard InChI is InChI=1S/C16H17NO4S/c1-11-9-22-10-14(11)16(20)17-12-4-6-13(7-5-12)21-8-2-3-15(18)19/h4-7,9-10H,2-3,8H2,1H3,(H,17,20)(H,18,19). The number of amides is 1. The number of carboxylic acids is 1. The van der Waals surface area contributed by atoms with Crippen LogP contribution in [0.4, 0.5) is 5.69 Å². The molecule has 1 amide bonds. The van der Waals surface area contributed by atoms with E-state index in [-0.39, 0.29) is 12.3 Å². The van der Waals surface area contributed by atoms with Gasteiger partial charge in [-0.1, -0.05) is 0 Å². The largest absolute Gasteiger partial charge is 0.494 e. The summed E-state index contributed by atoms with van der Waals surface area (Å²) < 4.78 is 5.43. The third-order valence-electron chi connectivity index (χ3n) is 3.02.